The summed E-state index contributed by atoms with van der Waals surface area (Å²) in [6.45, 7) is 1.90. The molecule has 0 aromatic carbocycles. The zero-order valence-corrected chi connectivity index (χ0v) is 10.0. The largest absolute Gasteiger partial charge is 0.341 e. The van der Waals surface area contributed by atoms with Crippen LogP contribution in [0.3, 0.4) is 0 Å². The van der Waals surface area contributed by atoms with Gasteiger partial charge >= 0.3 is 0 Å². The van der Waals surface area contributed by atoms with Crippen LogP contribution in [-0.4, -0.2) is 34.9 Å². The van der Waals surface area contributed by atoms with E-state index in [4.69, 9.17) is 0 Å². The highest BCUT2D eigenvalue weighted by atomic mass is 15.1. The molecule has 0 spiro atoms. The number of H-pyrrole nitrogens is 2. The van der Waals surface area contributed by atoms with Gasteiger partial charge in [-0.15, -0.1) is 0 Å². The van der Waals surface area contributed by atoms with Gasteiger partial charge in [0.1, 0.15) is 11.5 Å². The fraction of sp³-hybridized carbons (Fsp3) is 0.0833. The van der Waals surface area contributed by atoms with Crippen molar-refractivity contribution in [2.75, 3.05) is 0 Å². The molecule has 7 heteroatoms. The van der Waals surface area contributed by atoms with Crippen LogP contribution in [0.4, 0.5) is 0 Å². The minimum Gasteiger partial charge on any atom is -0.341 e. The second-order valence-corrected chi connectivity index (χ2v) is 4.20. The van der Waals surface area contributed by atoms with E-state index in [1.54, 1.807) is 12.4 Å². The number of hydrogen-bond acceptors (Lipinski definition) is 5. The molecule has 0 atom stereocenters. The van der Waals surface area contributed by atoms with Gasteiger partial charge < -0.3 is 9.97 Å². The summed E-state index contributed by atoms with van der Waals surface area (Å²) in [7, 11) is 0. The summed E-state index contributed by atoms with van der Waals surface area (Å²) in [6.07, 6.45) is 3.23. The number of aromatic amines is 2. The molecule has 2 N–H and O–H groups in total. The van der Waals surface area contributed by atoms with Gasteiger partial charge in [-0.2, -0.15) is 0 Å². The lowest BCUT2D eigenvalue weighted by molar-refractivity contribution is 1.16. The molecule has 7 nitrogen and oxygen atoms in total. The van der Waals surface area contributed by atoms with Crippen LogP contribution in [0.25, 0.3) is 34.0 Å². The quantitative estimate of drug-likeness (QED) is 0.535. The van der Waals surface area contributed by atoms with Gasteiger partial charge in [0.15, 0.2) is 22.8 Å². The van der Waals surface area contributed by atoms with E-state index in [1.807, 2.05) is 19.1 Å². The molecule has 0 aliphatic heterocycles. The van der Waals surface area contributed by atoms with Crippen LogP contribution in [0.2, 0.25) is 0 Å². The smallest absolute Gasteiger partial charge is 0.197 e. The van der Waals surface area contributed by atoms with Gasteiger partial charge in [-0.05, 0) is 19.1 Å². The molecular weight excluding hydrogens is 242 g/mol. The van der Waals surface area contributed by atoms with E-state index in [9.17, 15) is 0 Å². The average Bonchev–Trinajstić information content (AvgIpc) is 2.99. The molecular formula is C12H9N7. The molecule has 0 radical (unpaired) electrons. The Balaban J connectivity index is 1.92. The first-order valence-electron chi connectivity index (χ1n) is 5.80. The van der Waals surface area contributed by atoms with Gasteiger partial charge in [0.25, 0.3) is 0 Å². The van der Waals surface area contributed by atoms with Crippen LogP contribution in [0.15, 0.2) is 24.5 Å². The molecule has 4 rings (SSSR count). The second kappa shape index (κ2) is 3.58. The predicted molar refractivity (Wildman–Crippen MR) is 69.3 cm³/mol. The van der Waals surface area contributed by atoms with Crippen molar-refractivity contribution in [3.05, 3.63) is 30.4 Å². The second-order valence-electron chi connectivity index (χ2n) is 4.20. The zero-order chi connectivity index (χ0) is 12.8. The Morgan fingerprint density at radius 2 is 1.79 bits per heavy atom. The maximum absolute atomic E-state index is 4.47. The Bertz CT molecular complexity index is 856. The van der Waals surface area contributed by atoms with Gasteiger partial charge in [0, 0.05) is 12.4 Å². The first-order valence-corrected chi connectivity index (χ1v) is 5.80. The highest BCUT2D eigenvalue weighted by Crippen LogP contribution is 2.18. The first-order chi connectivity index (χ1) is 9.29. The molecule has 92 valence electrons. The van der Waals surface area contributed by atoms with Crippen LogP contribution < -0.4 is 0 Å². The van der Waals surface area contributed by atoms with Crippen molar-refractivity contribution in [3.63, 3.8) is 0 Å². The van der Waals surface area contributed by atoms with Crippen molar-refractivity contribution < 1.29 is 0 Å². The summed E-state index contributed by atoms with van der Waals surface area (Å²) in [6, 6.07) is 3.82. The number of aryl methyl sites for hydroxylation is 1. The lowest BCUT2D eigenvalue weighted by Gasteiger charge is -1.94. The van der Waals surface area contributed by atoms with Crippen molar-refractivity contribution in [3.8, 4) is 11.5 Å². The van der Waals surface area contributed by atoms with Gasteiger partial charge in [0.05, 0.1) is 5.52 Å². The summed E-state index contributed by atoms with van der Waals surface area (Å²) in [5.41, 5.74) is 3.54. The minimum absolute atomic E-state index is 0.581. The number of imidazole rings is 2. The number of rotatable bonds is 1. The molecule has 4 aromatic heterocycles. The van der Waals surface area contributed by atoms with E-state index < -0.39 is 0 Å². The molecule has 0 unspecified atom stereocenters. The van der Waals surface area contributed by atoms with E-state index in [0.717, 1.165) is 17.0 Å². The Hall–Kier alpha value is -2.83. The van der Waals surface area contributed by atoms with E-state index >= 15 is 0 Å². The van der Waals surface area contributed by atoms with Gasteiger partial charge in [-0.1, -0.05) is 0 Å². The van der Waals surface area contributed by atoms with E-state index in [-0.39, 0.29) is 0 Å². The molecule has 0 saturated carbocycles. The normalized spacial score (nSPS) is 11.4. The highest BCUT2D eigenvalue weighted by Gasteiger charge is 2.09. The minimum atomic E-state index is 0.581. The third kappa shape index (κ3) is 1.55. The number of nitrogens with one attached hydrogen (secondary N) is 2. The SMILES string of the molecule is Cc1nc2nc(-c3nc4nccnc4[nH]3)ccc2[nH]1. The van der Waals surface area contributed by atoms with Crippen molar-refractivity contribution in [2.24, 2.45) is 0 Å². The number of nitrogens with zero attached hydrogens (tertiary/aromatic N) is 5. The molecule has 0 bridgehead atoms. The molecule has 0 aliphatic carbocycles. The fourth-order valence-corrected chi connectivity index (χ4v) is 2.01. The lowest BCUT2D eigenvalue weighted by atomic mass is 10.3. The maximum Gasteiger partial charge on any atom is 0.197 e. The first kappa shape index (κ1) is 10.1. The third-order valence-electron chi connectivity index (χ3n) is 2.84. The topological polar surface area (TPSA) is 96.0 Å². The summed E-state index contributed by atoms with van der Waals surface area (Å²) in [5.74, 6) is 1.48. The van der Waals surface area contributed by atoms with Crippen molar-refractivity contribution in [1.82, 2.24) is 34.9 Å². The van der Waals surface area contributed by atoms with E-state index in [1.165, 1.54) is 0 Å². The van der Waals surface area contributed by atoms with Crippen LogP contribution in [-0.2, 0) is 0 Å². The molecule has 0 aliphatic rings. The van der Waals surface area contributed by atoms with Gasteiger partial charge in [-0.25, -0.2) is 24.9 Å². The Labute approximate surface area is 107 Å². The maximum atomic E-state index is 4.47. The predicted octanol–water partition coefficient (Wildman–Crippen LogP) is 1.60. The number of hydrogen-bond donors (Lipinski definition) is 2. The van der Waals surface area contributed by atoms with E-state index in [2.05, 4.69) is 34.9 Å². The Morgan fingerprint density at radius 3 is 2.68 bits per heavy atom. The summed E-state index contributed by atoms with van der Waals surface area (Å²) in [4.78, 5) is 27.7. The summed E-state index contributed by atoms with van der Waals surface area (Å²) < 4.78 is 0. The number of pyridine rings is 1. The Morgan fingerprint density at radius 1 is 0.895 bits per heavy atom. The molecule has 0 amide bonds. The van der Waals surface area contributed by atoms with Crippen LogP contribution in [0.1, 0.15) is 5.82 Å². The van der Waals surface area contributed by atoms with Crippen molar-refractivity contribution in [2.45, 2.75) is 6.92 Å². The molecule has 0 saturated heterocycles. The molecule has 4 aromatic rings. The average molecular weight is 251 g/mol. The number of aromatic nitrogens is 7. The van der Waals surface area contributed by atoms with Crippen molar-refractivity contribution in [1.29, 1.82) is 0 Å². The Kier molecular flexibility index (Phi) is 1.91. The third-order valence-corrected chi connectivity index (χ3v) is 2.84. The molecule has 0 fully saturated rings. The summed E-state index contributed by atoms with van der Waals surface area (Å²) in [5, 5.41) is 0. The fourth-order valence-electron chi connectivity index (χ4n) is 2.01. The summed E-state index contributed by atoms with van der Waals surface area (Å²) >= 11 is 0. The molecule has 4 heterocycles. The van der Waals surface area contributed by atoms with Crippen LogP contribution in [0, 0.1) is 6.92 Å². The standard InChI is InChI=1S/C12H9N7/c1-6-15-7-2-3-8(17-9(7)16-6)10-18-11-12(19-10)14-5-4-13-11/h2-5H,1H3,(H,15,16,17)(H,13,14,18,19). The van der Waals surface area contributed by atoms with Crippen molar-refractivity contribution >= 4 is 22.5 Å². The lowest BCUT2D eigenvalue weighted by Crippen LogP contribution is -1.86. The van der Waals surface area contributed by atoms with Crippen LogP contribution >= 0.6 is 0 Å². The number of fused-ring (bicyclic) bond motifs is 2. The van der Waals surface area contributed by atoms with Crippen LogP contribution in [0.5, 0.6) is 0 Å². The monoisotopic (exact) mass is 251 g/mol. The van der Waals surface area contributed by atoms with Gasteiger partial charge in [-0.3, -0.25) is 0 Å². The van der Waals surface area contributed by atoms with Gasteiger partial charge in [0.2, 0.25) is 0 Å². The molecule has 19 heavy (non-hydrogen) atoms. The van der Waals surface area contributed by atoms with E-state index in [0.29, 0.717) is 22.8 Å². The highest BCUT2D eigenvalue weighted by molar-refractivity contribution is 5.76. The zero-order valence-electron chi connectivity index (χ0n) is 10.0.